The standard InChI is InChI=1S/C16H16N4S/c1-11-8-13(10-18-9-11)15-19-20-16(21-15)14(17-2)12-6-4-3-5-7-12/h3-10,14,17H,1-2H3. The molecule has 2 heterocycles. The van der Waals surface area contributed by atoms with E-state index in [9.17, 15) is 0 Å². The van der Waals surface area contributed by atoms with Crippen molar-refractivity contribution in [2.45, 2.75) is 13.0 Å². The largest absolute Gasteiger partial charge is 0.307 e. The third-order valence-electron chi connectivity index (χ3n) is 3.23. The Morgan fingerprint density at radius 3 is 2.62 bits per heavy atom. The maximum absolute atomic E-state index is 4.35. The Morgan fingerprint density at radius 1 is 1.10 bits per heavy atom. The van der Waals surface area contributed by atoms with E-state index >= 15 is 0 Å². The monoisotopic (exact) mass is 296 g/mol. The van der Waals surface area contributed by atoms with Gasteiger partial charge in [0.15, 0.2) is 0 Å². The van der Waals surface area contributed by atoms with Crippen molar-refractivity contribution < 1.29 is 0 Å². The van der Waals surface area contributed by atoms with Crippen molar-refractivity contribution in [2.24, 2.45) is 0 Å². The van der Waals surface area contributed by atoms with Crippen LogP contribution in [-0.4, -0.2) is 22.2 Å². The molecule has 1 unspecified atom stereocenters. The van der Waals surface area contributed by atoms with Crippen LogP contribution in [0.2, 0.25) is 0 Å². The Balaban J connectivity index is 1.94. The van der Waals surface area contributed by atoms with Gasteiger partial charge in [0.05, 0.1) is 6.04 Å². The van der Waals surface area contributed by atoms with E-state index in [0.29, 0.717) is 0 Å². The number of rotatable bonds is 4. The van der Waals surface area contributed by atoms with Crippen LogP contribution in [0.1, 0.15) is 22.2 Å². The maximum Gasteiger partial charge on any atom is 0.149 e. The summed E-state index contributed by atoms with van der Waals surface area (Å²) < 4.78 is 0. The van der Waals surface area contributed by atoms with Gasteiger partial charge in [0.1, 0.15) is 10.0 Å². The van der Waals surface area contributed by atoms with Gasteiger partial charge in [-0.05, 0) is 31.2 Å². The lowest BCUT2D eigenvalue weighted by atomic mass is 10.1. The predicted molar refractivity (Wildman–Crippen MR) is 85.2 cm³/mol. The molecule has 0 aliphatic heterocycles. The molecule has 0 amide bonds. The Bertz CT molecular complexity index is 724. The van der Waals surface area contributed by atoms with Gasteiger partial charge in [-0.15, -0.1) is 10.2 Å². The molecule has 0 saturated heterocycles. The minimum absolute atomic E-state index is 0.0650. The van der Waals surface area contributed by atoms with E-state index in [4.69, 9.17) is 0 Å². The molecule has 4 nitrogen and oxygen atoms in total. The first-order valence-electron chi connectivity index (χ1n) is 6.75. The average molecular weight is 296 g/mol. The van der Waals surface area contributed by atoms with E-state index in [1.165, 1.54) is 5.56 Å². The van der Waals surface area contributed by atoms with Crippen LogP contribution in [0.15, 0.2) is 48.8 Å². The molecule has 0 spiro atoms. The number of pyridine rings is 1. The number of aromatic nitrogens is 3. The van der Waals surface area contributed by atoms with E-state index in [1.807, 2.05) is 44.6 Å². The quantitative estimate of drug-likeness (QED) is 0.803. The highest BCUT2D eigenvalue weighted by molar-refractivity contribution is 7.14. The topological polar surface area (TPSA) is 50.7 Å². The first-order chi connectivity index (χ1) is 10.3. The van der Waals surface area contributed by atoms with Crippen molar-refractivity contribution in [3.05, 3.63) is 64.9 Å². The molecule has 0 bridgehead atoms. The third kappa shape index (κ3) is 2.99. The molecular formula is C16H16N4S. The molecule has 2 aromatic heterocycles. The fraction of sp³-hybridized carbons (Fsp3) is 0.188. The molecule has 106 valence electrons. The number of hydrogen-bond acceptors (Lipinski definition) is 5. The highest BCUT2D eigenvalue weighted by Crippen LogP contribution is 2.29. The van der Waals surface area contributed by atoms with Crippen molar-refractivity contribution in [3.8, 4) is 10.6 Å². The van der Waals surface area contributed by atoms with E-state index < -0.39 is 0 Å². The van der Waals surface area contributed by atoms with Crippen LogP contribution in [0.25, 0.3) is 10.6 Å². The van der Waals surface area contributed by atoms with Gasteiger partial charge < -0.3 is 5.32 Å². The third-order valence-corrected chi connectivity index (χ3v) is 4.27. The molecule has 0 aliphatic carbocycles. The van der Waals surface area contributed by atoms with E-state index in [0.717, 1.165) is 21.1 Å². The lowest BCUT2D eigenvalue weighted by molar-refractivity contribution is 0.678. The summed E-state index contributed by atoms with van der Waals surface area (Å²) in [6, 6.07) is 12.4. The molecule has 3 aromatic rings. The Morgan fingerprint density at radius 2 is 1.90 bits per heavy atom. The van der Waals surface area contributed by atoms with Crippen LogP contribution in [-0.2, 0) is 0 Å². The minimum Gasteiger partial charge on any atom is -0.307 e. The summed E-state index contributed by atoms with van der Waals surface area (Å²) in [4.78, 5) is 4.22. The van der Waals surface area contributed by atoms with Gasteiger partial charge in [0.25, 0.3) is 0 Å². The van der Waals surface area contributed by atoms with Gasteiger partial charge in [-0.3, -0.25) is 4.98 Å². The first kappa shape index (κ1) is 13.9. The number of nitrogens with one attached hydrogen (secondary N) is 1. The van der Waals surface area contributed by atoms with Gasteiger partial charge in [-0.2, -0.15) is 0 Å². The first-order valence-corrected chi connectivity index (χ1v) is 7.57. The summed E-state index contributed by atoms with van der Waals surface area (Å²) in [5, 5.41) is 13.8. The zero-order valence-electron chi connectivity index (χ0n) is 11.9. The molecule has 0 fully saturated rings. The van der Waals surface area contributed by atoms with E-state index in [-0.39, 0.29) is 6.04 Å². The lowest BCUT2D eigenvalue weighted by Crippen LogP contribution is -2.17. The van der Waals surface area contributed by atoms with E-state index in [2.05, 4.69) is 38.7 Å². The molecule has 0 aliphatic rings. The van der Waals surface area contributed by atoms with Crippen LogP contribution < -0.4 is 5.32 Å². The maximum atomic E-state index is 4.35. The summed E-state index contributed by atoms with van der Waals surface area (Å²) in [6.45, 7) is 2.03. The lowest BCUT2D eigenvalue weighted by Gasteiger charge is -2.12. The highest BCUT2D eigenvalue weighted by Gasteiger charge is 2.17. The van der Waals surface area contributed by atoms with Gasteiger partial charge in [0, 0.05) is 18.0 Å². The number of nitrogens with zero attached hydrogens (tertiary/aromatic N) is 3. The summed E-state index contributed by atoms with van der Waals surface area (Å²) in [5.74, 6) is 0. The zero-order valence-corrected chi connectivity index (χ0v) is 12.8. The predicted octanol–water partition coefficient (Wildman–Crippen LogP) is 3.22. The molecule has 0 saturated carbocycles. The Kier molecular flexibility index (Phi) is 4.03. The van der Waals surface area contributed by atoms with Crippen LogP contribution in [0.3, 0.4) is 0 Å². The molecule has 3 rings (SSSR count). The molecule has 1 aromatic carbocycles. The number of hydrogen-bond donors (Lipinski definition) is 1. The molecular weight excluding hydrogens is 280 g/mol. The minimum atomic E-state index is 0.0650. The number of benzene rings is 1. The summed E-state index contributed by atoms with van der Waals surface area (Å²) in [7, 11) is 1.94. The van der Waals surface area contributed by atoms with Crippen molar-refractivity contribution in [2.75, 3.05) is 7.05 Å². The van der Waals surface area contributed by atoms with Crippen LogP contribution in [0, 0.1) is 6.92 Å². The SMILES string of the molecule is CNC(c1ccccc1)c1nnc(-c2cncc(C)c2)s1. The molecule has 0 radical (unpaired) electrons. The van der Waals surface area contributed by atoms with Gasteiger partial charge in [-0.25, -0.2) is 0 Å². The van der Waals surface area contributed by atoms with Crippen LogP contribution in [0.5, 0.6) is 0 Å². The summed E-state index contributed by atoms with van der Waals surface area (Å²) in [5.41, 5.74) is 3.32. The average Bonchev–Trinajstić information content (AvgIpc) is 2.99. The molecule has 5 heteroatoms. The normalized spacial score (nSPS) is 12.3. The van der Waals surface area contributed by atoms with Gasteiger partial charge >= 0.3 is 0 Å². The molecule has 21 heavy (non-hydrogen) atoms. The number of aryl methyl sites for hydroxylation is 1. The second-order valence-electron chi connectivity index (χ2n) is 4.83. The zero-order chi connectivity index (χ0) is 14.7. The second-order valence-corrected chi connectivity index (χ2v) is 5.84. The Hall–Kier alpha value is -2.11. The fourth-order valence-electron chi connectivity index (χ4n) is 2.22. The van der Waals surface area contributed by atoms with E-state index in [1.54, 1.807) is 11.3 Å². The van der Waals surface area contributed by atoms with Crippen LogP contribution >= 0.6 is 11.3 Å². The summed E-state index contributed by atoms with van der Waals surface area (Å²) in [6.07, 6.45) is 3.67. The molecule has 1 atom stereocenters. The van der Waals surface area contributed by atoms with Crippen molar-refractivity contribution >= 4 is 11.3 Å². The van der Waals surface area contributed by atoms with Gasteiger partial charge in [0.2, 0.25) is 0 Å². The highest BCUT2D eigenvalue weighted by atomic mass is 32.1. The summed E-state index contributed by atoms with van der Waals surface area (Å²) >= 11 is 1.60. The van der Waals surface area contributed by atoms with Crippen molar-refractivity contribution in [1.82, 2.24) is 20.5 Å². The molecule has 1 N–H and O–H groups in total. The fourth-order valence-corrected chi connectivity index (χ4v) is 3.18. The van der Waals surface area contributed by atoms with Gasteiger partial charge in [-0.1, -0.05) is 41.7 Å². The Labute approximate surface area is 127 Å². The second kappa shape index (κ2) is 6.11. The van der Waals surface area contributed by atoms with Crippen molar-refractivity contribution in [1.29, 1.82) is 0 Å². The van der Waals surface area contributed by atoms with Crippen molar-refractivity contribution in [3.63, 3.8) is 0 Å². The van der Waals surface area contributed by atoms with Crippen LogP contribution in [0.4, 0.5) is 0 Å². The smallest absolute Gasteiger partial charge is 0.149 e.